The number of esters is 1. The van der Waals surface area contributed by atoms with Gasteiger partial charge in [-0.25, -0.2) is 4.79 Å². The molecule has 0 saturated heterocycles. The van der Waals surface area contributed by atoms with Crippen molar-refractivity contribution in [1.29, 1.82) is 0 Å². The first kappa shape index (κ1) is 18.8. The molecule has 0 saturated carbocycles. The van der Waals surface area contributed by atoms with E-state index >= 15 is 0 Å². The minimum atomic E-state index is -0.768. The zero-order valence-electron chi connectivity index (χ0n) is 15.7. The van der Waals surface area contributed by atoms with E-state index in [0.29, 0.717) is 30.1 Å². The number of hydrogen-bond acceptors (Lipinski definition) is 5. The van der Waals surface area contributed by atoms with Gasteiger partial charge in [0, 0.05) is 12.3 Å². The quantitative estimate of drug-likeness (QED) is 0.824. The molecule has 0 aromatic heterocycles. The Morgan fingerprint density at radius 2 is 1.78 bits per heavy atom. The fraction of sp³-hybridized carbons (Fsp3) is 0.333. The van der Waals surface area contributed by atoms with E-state index in [1.807, 2.05) is 43.3 Å². The molecular formula is C21H23NO5. The van der Waals surface area contributed by atoms with Gasteiger partial charge in [-0.3, -0.25) is 4.79 Å². The van der Waals surface area contributed by atoms with Crippen LogP contribution in [0.2, 0.25) is 0 Å². The van der Waals surface area contributed by atoms with Crippen LogP contribution < -0.4 is 14.8 Å². The van der Waals surface area contributed by atoms with Crippen molar-refractivity contribution in [3.8, 4) is 17.2 Å². The standard InChI is InChI=1S/C21H23NO5/c1-13-10-14-4-7-16(8-5-14)27-19-12-15(6-9-18(19)25-2)11-17(21(24)26-3)22-20(13)23/h4-9,12-13,17H,10-11H2,1-3H3,(H,22,23)/t13-,17-/m0/s1. The van der Waals surface area contributed by atoms with Crippen LogP contribution >= 0.6 is 0 Å². The molecule has 2 aliphatic heterocycles. The van der Waals surface area contributed by atoms with E-state index in [1.54, 1.807) is 13.2 Å². The molecule has 0 unspecified atom stereocenters. The number of carbonyl (C=O) groups excluding carboxylic acids is 2. The molecule has 1 amide bonds. The SMILES string of the molecule is COC(=O)[C@@H]1Cc2ccc(OC)c(c2)Oc2ccc(cc2)C[C@H](C)C(=O)N1. The van der Waals surface area contributed by atoms with Crippen molar-refractivity contribution in [2.45, 2.75) is 25.8 Å². The van der Waals surface area contributed by atoms with Crippen molar-refractivity contribution < 1.29 is 23.8 Å². The predicted octanol–water partition coefficient (Wildman–Crippen LogP) is 2.88. The fourth-order valence-electron chi connectivity index (χ4n) is 3.08. The smallest absolute Gasteiger partial charge is 0.328 e. The third-order valence-corrected chi connectivity index (χ3v) is 4.61. The molecule has 4 bridgehead atoms. The van der Waals surface area contributed by atoms with Crippen LogP contribution in [-0.4, -0.2) is 32.1 Å². The van der Waals surface area contributed by atoms with E-state index in [9.17, 15) is 9.59 Å². The third-order valence-electron chi connectivity index (χ3n) is 4.61. The van der Waals surface area contributed by atoms with Gasteiger partial charge in [0.05, 0.1) is 14.2 Å². The summed E-state index contributed by atoms with van der Waals surface area (Å²) in [6.07, 6.45) is 0.859. The summed E-state index contributed by atoms with van der Waals surface area (Å²) in [5.74, 6) is 0.859. The topological polar surface area (TPSA) is 73.9 Å². The minimum absolute atomic E-state index is 0.184. The number of hydrogen-bond donors (Lipinski definition) is 1. The van der Waals surface area contributed by atoms with Crippen LogP contribution in [0.15, 0.2) is 42.5 Å². The average Bonchev–Trinajstić information content (AvgIpc) is 2.68. The number of benzene rings is 2. The Bertz CT molecular complexity index is 831. The molecule has 6 nitrogen and oxygen atoms in total. The minimum Gasteiger partial charge on any atom is -0.493 e. The fourth-order valence-corrected chi connectivity index (χ4v) is 3.08. The highest BCUT2D eigenvalue weighted by Gasteiger charge is 2.25. The van der Waals surface area contributed by atoms with E-state index in [0.717, 1.165) is 11.1 Å². The first-order chi connectivity index (χ1) is 13.0. The summed E-state index contributed by atoms with van der Waals surface area (Å²) in [5, 5.41) is 2.81. The maximum Gasteiger partial charge on any atom is 0.328 e. The van der Waals surface area contributed by atoms with Gasteiger partial charge in [-0.1, -0.05) is 25.1 Å². The lowest BCUT2D eigenvalue weighted by molar-refractivity contribution is -0.145. The largest absolute Gasteiger partial charge is 0.493 e. The Labute approximate surface area is 158 Å². The van der Waals surface area contributed by atoms with Crippen molar-refractivity contribution in [2.75, 3.05) is 14.2 Å². The Kier molecular flexibility index (Phi) is 5.64. The van der Waals surface area contributed by atoms with E-state index in [2.05, 4.69) is 5.32 Å². The molecular weight excluding hydrogens is 346 g/mol. The summed E-state index contributed by atoms with van der Waals surface area (Å²) < 4.78 is 16.2. The number of fused-ring (bicyclic) bond motifs is 7. The van der Waals surface area contributed by atoms with Gasteiger partial charge < -0.3 is 19.5 Å². The van der Waals surface area contributed by atoms with Gasteiger partial charge >= 0.3 is 5.97 Å². The van der Waals surface area contributed by atoms with Gasteiger partial charge in [0.2, 0.25) is 5.91 Å². The normalized spacial score (nSPS) is 19.4. The molecule has 27 heavy (non-hydrogen) atoms. The predicted molar refractivity (Wildman–Crippen MR) is 100 cm³/mol. The zero-order chi connectivity index (χ0) is 19.4. The third kappa shape index (κ3) is 4.39. The lowest BCUT2D eigenvalue weighted by atomic mass is 9.98. The summed E-state index contributed by atoms with van der Waals surface area (Å²) in [6.45, 7) is 1.84. The van der Waals surface area contributed by atoms with Gasteiger partial charge in [-0.2, -0.15) is 0 Å². The summed E-state index contributed by atoms with van der Waals surface area (Å²) in [4.78, 5) is 24.8. The van der Waals surface area contributed by atoms with Crippen molar-refractivity contribution >= 4 is 11.9 Å². The van der Waals surface area contributed by atoms with Gasteiger partial charge in [-0.15, -0.1) is 0 Å². The van der Waals surface area contributed by atoms with Gasteiger partial charge in [0.25, 0.3) is 0 Å². The zero-order valence-corrected chi connectivity index (χ0v) is 15.7. The molecule has 1 N–H and O–H groups in total. The van der Waals surface area contributed by atoms with Crippen molar-refractivity contribution in [3.05, 3.63) is 53.6 Å². The molecule has 2 aliphatic rings. The number of amides is 1. The molecule has 2 heterocycles. The van der Waals surface area contributed by atoms with Crippen molar-refractivity contribution in [1.82, 2.24) is 5.32 Å². The summed E-state index contributed by atoms with van der Waals surface area (Å²) in [7, 11) is 2.88. The van der Waals surface area contributed by atoms with Crippen molar-refractivity contribution in [3.63, 3.8) is 0 Å². The Morgan fingerprint density at radius 1 is 1.07 bits per heavy atom. The first-order valence-corrected chi connectivity index (χ1v) is 8.82. The van der Waals surface area contributed by atoms with Crippen LogP contribution in [0.1, 0.15) is 18.1 Å². The van der Waals surface area contributed by atoms with E-state index < -0.39 is 12.0 Å². The van der Waals surface area contributed by atoms with Crippen LogP contribution in [0.25, 0.3) is 0 Å². The van der Waals surface area contributed by atoms with Gasteiger partial charge in [0.15, 0.2) is 11.5 Å². The van der Waals surface area contributed by atoms with Gasteiger partial charge in [-0.05, 0) is 41.8 Å². The maximum atomic E-state index is 12.6. The molecule has 0 spiro atoms. The molecule has 0 aliphatic carbocycles. The second-order valence-corrected chi connectivity index (χ2v) is 6.62. The highest BCUT2D eigenvalue weighted by Crippen LogP contribution is 2.33. The molecule has 2 atom stereocenters. The Morgan fingerprint density at radius 3 is 2.44 bits per heavy atom. The molecule has 0 fully saturated rings. The Balaban J connectivity index is 2.03. The maximum absolute atomic E-state index is 12.6. The van der Waals surface area contributed by atoms with E-state index in [-0.39, 0.29) is 11.8 Å². The van der Waals surface area contributed by atoms with E-state index in [4.69, 9.17) is 14.2 Å². The molecule has 0 radical (unpaired) electrons. The van der Waals surface area contributed by atoms with Crippen LogP contribution in [0, 0.1) is 5.92 Å². The molecule has 2 aromatic rings. The molecule has 142 valence electrons. The average molecular weight is 369 g/mol. The number of nitrogens with one attached hydrogen (secondary N) is 1. The lowest BCUT2D eigenvalue weighted by Crippen LogP contribution is -2.45. The highest BCUT2D eigenvalue weighted by molar-refractivity contribution is 5.86. The summed E-state index contributed by atoms with van der Waals surface area (Å²) in [5.41, 5.74) is 1.83. The lowest BCUT2D eigenvalue weighted by Gasteiger charge is -2.21. The number of ether oxygens (including phenoxy) is 3. The van der Waals surface area contributed by atoms with Crippen molar-refractivity contribution in [2.24, 2.45) is 5.92 Å². The summed E-state index contributed by atoms with van der Waals surface area (Å²) in [6, 6.07) is 12.3. The second kappa shape index (κ2) is 8.12. The van der Waals surface area contributed by atoms with Crippen LogP contribution in [-0.2, 0) is 27.2 Å². The Hall–Kier alpha value is -3.02. The molecule has 2 aromatic carbocycles. The van der Waals surface area contributed by atoms with Gasteiger partial charge in [0.1, 0.15) is 11.8 Å². The van der Waals surface area contributed by atoms with Crippen LogP contribution in [0.3, 0.4) is 0 Å². The number of methoxy groups -OCH3 is 2. The molecule has 4 rings (SSSR count). The van der Waals surface area contributed by atoms with E-state index in [1.165, 1.54) is 7.11 Å². The van der Waals surface area contributed by atoms with Crippen LogP contribution in [0.4, 0.5) is 0 Å². The number of rotatable bonds is 2. The highest BCUT2D eigenvalue weighted by atomic mass is 16.5. The summed E-state index contributed by atoms with van der Waals surface area (Å²) >= 11 is 0. The molecule has 6 heteroatoms. The monoisotopic (exact) mass is 369 g/mol. The number of carbonyl (C=O) groups is 2. The first-order valence-electron chi connectivity index (χ1n) is 8.82. The van der Waals surface area contributed by atoms with Crippen LogP contribution in [0.5, 0.6) is 17.2 Å². The second-order valence-electron chi connectivity index (χ2n) is 6.62.